The largest absolute Gasteiger partial charge is 0.374 e. The number of nitrogens with two attached hydrogens (primary N) is 1. The first kappa shape index (κ1) is 10.1. The summed E-state index contributed by atoms with van der Waals surface area (Å²) < 4.78 is 1.24. The highest BCUT2D eigenvalue weighted by Crippen LogP contribution is 2.13. The molecule has 0 aliphatic rings. The van der Waals surface area contributed by atoms with E-state index in [-0.39, 0.29) is 5.56 Å². The van der Waals surface area contributed by atoms with Crippen molar-refractivity contribution in [2.75, 3.05) is 5.73 Å². The highest BCUT2D eigenvalue weighted by atomic mass is 32.1. The molecule has 0 saturated carbocycles. The molecule has 6 heteroatoms. The van der Waals surface area contributed by atoms with E-state index >= 15 is 0 Å². The molecule has 0 aliphatic heterocycles. The number of nitrogens with zero attached hydrogens (tertiary/aromatic N) is 3. The van der Waals surface area contributed by atoms with E-state index in [0.717, 1.165) is 12.1 Å². The summed E-state index contributed by atoms with van der Waals surface area (Å²) in [5, 5.41) is 4.23. The molecule has 2 rings (SSSR count). The van der Waals surface area contributed by atoms with Crippen LogP contribution >= 0.6 is 11.3 Å². The van der Waals surface area contributed by atoms with Gasteiger partial charge in [-0.2, -0.15) is 4.52 Å². The van der Waals surface area contributed by atoms with Crippen molar-refractivity contribution in [2.24, 2.45) is 5.92 Å². The van der Waals surface area contributed by atoms with Crippen LogP contribution in [-0.4, -0.2) is 14.6 Å². The molecule has 15 heavy (non-hydrogen) atoms. The second kappa shape index (κ2) is 3.62. The van der Waals surface area contributed by atoms with Crippen molar-refractivity contribution in [3.05, 3.63) is 22.1 Å². The first-order chi connectivity index (χ1) is 7.06. The van der Waals surface area contributed by atoms with Gasteiger partial charge in [0.15, 0.2) is 0 Å². The van der Waals surface area contributed by atoms with Gasteiger partial charge in [0, 0.05) is 11.8 Å². The standard InChI is InChI=1S/C9H12N4OS/c1-5(2)3-6-4-7(14)13-9(11-6)15-8(10)12-13/h4-5H,3H2,1-2H3,(H2,10,12). The van der Waals surface area contributed by atoms with Crippen LogP contribution in [0, 0.1) is 5.92 Å². The number of anilines is 1. The van der Waals surface area contributed by atoms with Crippen molar-refractivity contribution in [1.29, 1.82) is 0 Å². The molecule has 5 nitrogen and oxygen atoms in total. The molecule has 2 heterocycles. The lowest BCUT2D eigenvalue weighted by Crippen LogP contribution is -2.16. The Kier molecular flexibility index (Phi) is 2.44. The average molecular weight is 224 g/mol. The van der Waals surface area contributed by atoms with Gasteiger partial charge in [-0.3, -0.25) is 4.79 Å². The Morgan fingerprint density at radius 1 is 1.60 bits per heavy atom. The van der Waals surface area contributed by atoms with Crippen molar-refractivity contribution in [3.63, 3.8) is 0 Å². The van der Waals surface area contributed by atoms with E-state index in [2.05, 4.69) is 23.9 Å². The highest BCUT2D eigenvalue weighted by molar-refractivity contribution is 7.20. The minimum absolute atomic E-state index is 0.163. The van der Waals surface area contributed by atoms with Crippen LogP contribution in [0.2, 0.25) is 0 Å². The Morgan fingerprint density at radius 2 is 2.33 bits per heavy atom. The van der Waals surface area contributed by atoms with Gasteiger partial charge in [-0.25, -0.2) is 4.98 Å². The topological polar surface area (TPSA) is 73.3 Å². The Bertz CT molecular complexity index is 543. The molecule has 0 spiro atoms. The fraction of sp³-hybridized carbons (Fsp3) is 0.444. The zero-order valence-electron chi connectivity index (χ0n) is 8.60. The lowest BCUT2D eigenvalue weighted by atomic mass is 10.1. The second-order valence-corrected chi connectivity index (χ2v) is 4.81. The molecule has 80 valence electrons. The molecular formula is C9H12N4OS. The summed E-state index contributed by atoms with van der Waals surface area (Å²) >= 11 is 1.23. The quantitative estimate of drug-likeness (QED) is 0.823. The van der Waals surface area contributed by atoms with Crippen LogP contribution in [0.4, 0.5) is 5.13 Å². The van der Waals surface area contributed by atoms with Gasteiger partial charge in [0.25, 0.3) is 5.56 Å². The summed E-state index contributed by atoms with van der Waals surface area (Å²) in [5.74, 6) is 0.476. The molecule has 0 fully saturated rings. The van der Waals surface area contributed by atoms with E-state index in [1.165, 1.54) is 21.9 Å². The minimum atomic E-state index is -0.163. The smallest absolute Gasteiger partial charge is 0.275 e. The summed E-state index contributed by atoms with van der Waals surface area (Å²) in [6.07, 6.45) is 0.795. The van der Waals surface area contributed by atoms with Crippen LogP contribution in [0.1, 0.15) is 19.5 Å². The summed E-state index contributed by atoms with van der Waals surface area (Å²) in [6.45, 7) is 4.18. The highest BCUT2D eigenvalue weighted by Gasteiger charge is 2.07. The number of aromatic nitrogens is 3. The molecule has 0 amide bonds. The monoisotopic (exact) mass is 224 g/mol. The Labute approximate surface area is 90.6 Å². The molecule has 0 aromatic carbocycles. The van der Waals surface area contributed by atoms with Gasteiger partial charge in [0.2, 0.25) is 10.1 Å². The fourth-order valence-corrected chi connectivity index (χ4v) is 2.08. The molecular weight excluding hydrogens is 212 g/mol. The van der Waals surface area contributed by atoms with E-state index in [9.17, 15) is 4.79 Å². The van der Waals surface area contributed by atoms with Crippen LogP contribution in [-0.2, 0) is 6.42 Å². The predicted octanol–water partition coefficient (Wildman–Crippen LogP) is 0.932. The molecule has 2 aromatic heterocycles. The van der Waals surface area contributed by atoms with E-state index < -0.39 is 0 Å². The second-order valence-electron chi connectivity index (χ2n) is 3.82. The molecule has 2 aromatic rings. The van der Waals surface area contributed by atoms with Crippen molar-refractivity contribution in [3.8, 4) is 0 Å². The number of nitrogen functional groups attached to an aromatic ring is 1. The van der Waals surface area contributed by atoms with Gasteiger partial charge in [0.05, 0.1) is 0 Å². The first-order valence-electron chi connectivity index (χ1n) is 4.71. The van der Waals surface area contributed by atoms with Crippen molar-refractivity contribution < 1.29 is 0 Å². The number of hydrogen-bond donors (Lipinski definition) is 1. The van der Waals surface area contributed by atoms with Crippen LogP contribution in [0.15, 0.2) is 10.9 Å². The van der Waals surface area contributed by atoms with Crippen LogP contribution in [0.3, 0.4) is 0 Å². The number of fused-ring (bicyclic) bond motifs is 1. The maximum Gasteiger partial charge on any atom is 0.275 e. The van der Waals surface area contributed by atoms with E-state index in [4.69, 9.17) is 5.73 Å². The van der Waals surface area contributed by atoms with Gasteiger partial charge in [-0.1, -0.05) is 25.2 Å². The van der Waals surface area contributed by atoms with Gasteiger partial charge in [0.1, 0.15) is 0 Å². The van der Waals surface area contributed by atoms with Crippen molar-refractivity contribution in [2.45, 2.75) is 20.3 Å². The molecule has 0 unspecified atom stereocenters. The third-order valence-corrected chi connectivity index (χ3v) is 2.67. The molecule has 0 atom stereocenters. The third-order valence-electron chi connectivity index (χ3n) is 1.93. The number of rotatable bonds is 2. The fourth-order valence-electron chi connectivity index (χ4n) is 1.39. The van der Waals surface area contributed by atoms with Crippen LogP contribution in [0.25, 0.3) is 4.96 Å². The summed E-state index contributed by atoms with van der Waals surface area (Å²) in [4.78, 5) is 16.5. The maximum atomic E-state index is 11.6. The molecule has 2 N–H and O–H groups in total. The van der Waals surface area contributed by atoms with Crippen LogP contribution < -0.4 is 11.3 Å². The Hall–Kier alpha value is -1.43. The van der Waals surface area contributed by atoms with E-state index in [0.29, 0.717) is 16.0 Å². The number of hydrogen-bond acceptors (Lipinski definition) is 5. The zero-order chi connectivity index (χ0) is 11.0. The predicted molar refractivity (Wildman–Crippen MR) is 60.1 cm³/mol. The molecule has 0 saturated heterocycles. The molecule has 0 aliphatic carbocycles. The summed E-state index contributed by atoms with van der Waals surface area (Å²) in [5.41, 5.74) is 6.16. The van der Waals surface area contributed by atoms with Crippen molar-refractivity contribution in [1.82, 2.24) is 14.6 Å². The summed E-state index contributed by atoms with van der Waals surface area (Å²) in [7, 11) is 0. The van der Waals surface area contributed by atoms with Gasteiger partial charge in [-0.15, -0.1) is 5.10 Å². The lowest BCUT2D eigenvalue weighted by molar-refractivity contribution is 0.633. The van der Waals surface area contributed by atoms with Crippen molar-refractivity contribution >= 4 is 21.4 Å². The van der Waals surface area contributed by atoms with Gasteiger partial charge < -0.3 is 5.73 Å². The SMILES string of the molecule is CC(C)Cc1cc(=O)n2nc(N)sc2n1. The van der Waals surface area contributed by atoms with Crippen LogP contribution in [0.5, 0.6) is 0 Å². The molecule has 0 radical (unpaired) electrons. The Balaban J connectivity index is 2.57. The molecule has 0 bridgehead atoms. The van der Waals surface area contributed by atoms with E-state index in [1.807, 2.05) is 0 Å². The lowest BCUT2D eigenvalue weighted by Gasteiger charge is -2.02. The minimum Gasteiger partial charge on any atom is -0.374 e. The van der Waals surface area contributed by atoms with E-state index in [1.54, 1.807) is 0 Å². The van der Waals surface area contributed by atoms with Gasteiger partial charge >= 0.3 is 0 Å². The van der Waals surface area contributed by atoms with Gasteiger partial charge in [-0.05, 0) is 12.3 Å². The maximum absolute atomic E-state index is 11.6. The average Bonchev–Trinajstić information content (AvgIpc) is 2.44. The zero-order valence-corrected chi connectivity index (χ0v) is 9.41. The Morgan fingerprint density at radius 3 is 3.00 bits per heavy atom. The first-order valence-corrected chi connectivity index (χ1v) is 5.53. The summed E-state index contributed by atoms with van der Waals surface area (Å²) in [6, 6.07) is 1.52. The normalized spacial score (nSPS) is 11.4. The third kappa shape index (κ3) is 1.99.